The molecule has 2 amide bonds. The lowest BCUT2D eigenvalue weighted by Crippen LogP contribution is -2.34. The number of nitrogens with one attached hydrogen (secondary N) is 2. The van der Waals surface area contributed by atoms with Crippen LogP contribution in [-0.4, -0.2) is 16.2 Å². The lowest BCUT2D eigenvalue weighted by molar-refractivity contribution is 0.247. The van der Waals surface area contributed by atoms with Gasteiger partial charge in [0.25, 0.3) is 0 Å². The number of hydrogen-bond donors (Lipinski definition) is 2. The summed E-state index contributed by atoms with van der Waals surface area (Å²) in [5.41, 5.74) is 1.61. The third-order valence-electron chi connectivity index (χ3n) is 3.62. The quantitative estimate of drug-likeness (QED) is 0.655. The Kier molecular flexibility index (Phi) is 5.75. The predicted octanol–water partition coefficient (Wildman–Crippen LogP) is 4.79. The van der Waals surface area contributed by atoms with Gasteiger partial charge in [-0.25, -0.2) is 4.79 Å². The first-order chi connectivity index (χ1) is 12.5. The van der Waals surface area contributed by atoms with E-state index in [1.54, 1.807) is 43.3 Å². The third kappa shape index (κ3) is 4.97. The van der Waals surface area contributed by atoms with Crippen LogP contribution in [0.5, 0.6) is 0 Å². The van der Waals surface area contributed by atoms with Crippen molar-refractivity contribution in [3.05, 3.63) is 75.9 Å². The Balaban J connectivity index is 1.73. The standard InChI is InChI=1S/C18H16Cl2N4O2/c1-11-21-17(24-26-11)16(10-12-2-4-13(19)5-3-12)23-18(25)22-15-8-6-14(20)7-9-15/h2-9,16H,10H2,1H3,(H2,22,23,25)/t16-/m0/s1. The highest BCUT2D eigenvalue weighted by Crippen LogP contribution is 2.19. The smallest absolute Gasteiger partial charge is 0.319 e. The zero-order valence-corrected chi connectivity index (χ0v) is 15.4. The number of nitrogens with zero attached hydrogens (tertiary/aromatic N) is 2. The fourth-order valence-electron chi connectivity index (χ4n) is 2.38. The molecule has 0 saturated carbocycles. The summed E-state index contributed by atoms with van der Waals surface area (Å²) in [6.45, 7) is 1.70. The van der Waals surface area contributed by atoms with E-state index in [0.717, 1.165) is 5.56 Å². The summed E-state index contributed by atoms with van der Waals surface area (Å²) in [6, 6.07) is 13.4. The number of aryl methyl sites for hydroxylation is 1. The maximum atomic E-state index is 12.4. The highest BCUT2D eigenvalue weighted by molar-refractivity contribution is 6.30. The summed E-state index contributed by atoms with van der Waals surface area (Å²) in [7, 11) is 0. The Morgan fingerprint density at radius 1 is 1.08 bits per heavy atom. The van der Waals surface area contributed by atoms with Crippen molar-refractivity contribution in [2.75, 3.05) is 5.32 Å². The van der Waals surface area contributed by atoms with Crippen molar-refractivity contribution >= 4 is 34.9 Å². The lowest BCUT2D eigenvalue weighted by atomic mass is 10.1. The Bertz CT molecular complexity index is 879. The Hall–Kier alpha value is -2.57. The molecule has 26 heavy (non-hydrogen) atoms. The van der Waals surface area contributed by atoms with Crippen molar-refractivity contribution in [2.45, 2.75) is 19.4 Å². The number of amides is 2. The van der Waals surface area contributed by atoms with Crippen LogP contribution in [-0.2, 0) is 6.42 Å². The highest BCUT2D eigenvalue weighted by atomic mass is 35.5. The summed E-state index contributed by atoms with van der Waals surface area (Å²) in [5.74, 6) is 0.838. The number of aromatic nitrogens is 2. The van der Waals surface area contributed by atoms with Crippen LogP contribution in [0.25, 0.3) is 0 Å². The van der Waals surface area contributed by atoms with Crippen molar-refractivity contribution in [3.63, 3.8) is 0 Å². The van der Waals surface area contributed by atoms with E-state index in [0.29, 0.717) is 33.9 Å². The largest absolute Gasteiger partial charge is 0.340 e. The van der Waals surface area contributed by atoms with Gasteiger partial charge in [-0.1, -0.05) is 40.5 Å². The molecule has 2 N–H and O–H groups in total. The highest BCUT2D eigenvalue weighted by Gasteiger charge is 2.20. The van der Waals surface area contributed by atoms with Crippen LogP contribution in [0.2, 0.25) is 10.0 Å². The van der Waals surface area contributed by atoms with Gasteiger partial charge in [-0.05, 0) is 42.0 Å². The molecule has 2 aromatic carbocycles. The molecule has 0 bridgehead atoms. The molecule has 0 saturated heterocycles. The van der Waals surface area contributed by atoms with E-state index in [4.69, 9.17) is 27.7 Å². The van der Waals surface area contributed by atoms with Crippen molar-refractivity contribution in [3.8, 4) is 0 Å². The number of urea groups is 1. The van der Waals surface area contributed by atoms with Gasteiger partial charge in [-0.2, -0.15) is 4.98 Å². The van der Waals surface area contributed by atoms with E-state index in [1.165, 1.54) is 0 Å². The van der Waals surface area contributed by atoms with Crippen molar-refractivity contribution in [1.29, 1.82) is 0 Å². The molecule has 0 aliphatic carbocycles. The molecule has 134 valence electrons. The van der Waals surface area contributed by atoms with Crippen LogP contribution in [0.1, 0.15) is 23.3 Å². The minimum atomic E-state index is -0.457. The molecule has 0 aliphatic rings. The van der Waals surface area contributed by atoms with Gasteiger partial charge >= 0.3 is 6.03 Å². The second-order valence-corrected chi connectivity index (χ2v) is 6.53. The second kappa shape index (κ2) is 8.21. The number of anilines is 1. The van der Waals surface area contributed by atoms with Gasteiger partial charge in [-0.3, -0.25) is 0 Å². The van der Waals surface area contributed by atoms with E-state index in [2.05, 4.69) is 20.8 Å². The fraction of sp³-hybridized carbons (Fsp3) is 0.167. The molecule has 1 aromatic heterocycles. The van der Waals surface area contributed by atoms with Crippen molar-refractivity contribution in [2.24, 2.45) is 0 Å². The average molecular weight is 391 g/mol. The first-order valence-corrected chi connectivity index (χ1v) is 8.63. The maximum Gasteiger partial charge on any atom is 0.319 e. The van der Waals surface area contributed by atoms with Crippen LogP contribution < -0.4 is 10.6 Å². The van der Waals surface area contributed by atoms with Crippen LogP contribution in [0.15, 0.2) is 53.1 Å². The fourth-order valence-corrected chi connectivity index (χ4v) is 2.63. The number of halogens is 2. The van der Waals surface area contributed by atoms with E-state index in [9.17, 15) is 4.79 Å². The van der Waals surface area contributed by atoms with E-state index >= 15 is 0 Å². The van der Waals surface area contributed by atoms with Gasteiger partial charge in [0.05, 0.1) is 6.04 Å². The second-order valence-electron chi connectivity index (χ2n) is 5.66. The first kappa shape index (κ1) is 18.2. The van der Waals surface area contributed by atoms with Crippen molar-refractivity contribution in [1.82, 2.24) is 15.5 Å². The molecule has 3 aromatic rings. The summed E-state index contributed by atoms with van der Waals surface area (Å²) < 4.78 is 5.05. The predicted molar refractivity (Wildman–Crippen MR) is 101 cm³/mol. The van der Waals surface area contributed by atoms with Gasteiger partial charge in [0.15, 0.2) is 5.82 Å². The SMILES string of the molecule is Cc1nc([C@H](Cc2ccc(Cl)cc2)NC(=O)Nc2ccc(Cl)cc2)no1. The minimum Gasteiger partial charge on any atom is -0.340 e. The topological polar surface area (TPSA) is 80.0 Å². The summed E-state index contributed by atoms with van der Waals surface area (Å²) in [5, 5.41) is 10.8. The van der Waals surface area contributed by atoms with Crippen LogP contribution in [0.3, 0.4) is 0 Å². The molecule has 1 atom stereocenters. The van der Waals surface area contributed by atoms with Gasteiger partial charge in [0.2, 0.25) is 5.89 Å². The summed E-state index contributed by atoms with van der Waals surface area (Å²) in [4.78, 5) is 16.6. The molecule has 0 radical (unpaired) electrons. The maximum absolute atomic E-state index is 12.4. The van der Waals surface area contributed by atoms with Gasteiger partial charge in [0, 0.05) is 29.1 Å². The van der Waals surface area contributed by atoms with Gasteiger partial charge in [0.1, 0.15) is 0 Å². The number of hydrogen-bond acceptors (Lipinski definition) is 4. The van der Waals surface area contributed by atoms with Gasteiger partial charge < -0.3 is 15.2 Å². The monoisotopic (exact) mass is 390 g/mol. The minimum absolute atomic E-state index is 0.381. The van der Waals surface area contributed by atoms with Crippen LogP contribution >= 0.6 is 23.2 Å². The number of rotatable bonds is 5. The molecule has 8 heteroatoms. The van der Waals surface area contributed by atoms with Crippen LogP contribution in [0, 0.1) is 6.92 Å². The molecule has 0 fully saturated rings. The Morgan fingerprint density at radius 3 is 2.27 bits per heavy atom. The van der Waals surface area contributed by atoms with E-state index in [1.807, 2.05) is 12.1 Å². The molecule has 0 spiro atoms. The van der Waals surface area contributed by atoms with Crippen LogP contribution in [0.4, 0.5) is 10.5 Å². The normalized spacial score (nSPS) is 11.8. The van der Waals surface area contributed by atoms with Crippen molar-refractivity contribution < 1.29 is 9.32 Å². The lowest BCUT2D eigenvalue weighted by Gasteiger charge is -2.16. The Morgan fingerprint density at radius 2 is 1.69 bits per heavy atom. The molecular weight excluding hydrogens is 375 g/mol. The number of benzene rings is 2. The molecule has 6 nitrogen and oxygen atoms in total. The summed E-state index contributed by atoms with van der Waals surface area (Å²) in [6.07, 6.45) is 0.490. The van der Waals surface area contributed by atoms with Gasteiger partial charge in [-0.15, -0.1) is 0 Å². The molecular formula is C18H16Cl2N4O2. The van der Waals surface area contributed by atoms with E-state index < -0.39 is 6.04 Å². The molecule has 0 aliphatic heterocycles. The van der Waals surface area contributed by atoms with E-state index in [-0.39, 0.29) is 6.03 Å². The number of carbonyl (C=O) groups is 1. The third-order valence-corrected chi connectivity index (χ3v) is 4.12. The number of carbonyl (C=O) groups excluding carboxylic acids is 1. The zero-order valence-electron chi connectivity index (χ0n) is 13.9. The molecule has 3 rings (SSSR count). The molecule has 1 heterocycles. The Labute approximate surface area is 160 Å². The first-order valence-electron chi connectivity index (χ1n) is 7.87. The molecule has 0 unspecified atom stereocenters. The average Bonchev–Trinajstić information content (AvgIpc) is 3.05. The zero-order chi connectivity index (χ0) is 18.5. The summed E-state index contributed by atoms with van der Waals surface area (Å²) >= 11 is 11.8.